The van der Waals surface area contributed by atoms with Gasteiger partial charge in [0.25, 0.3) is 17.1 Å². The molecule has 4 rings (SSSR count). The van der Waals surface area contributed by atoms with Crippen LogP contribution in [-0.4, -0.2) is 48.8 Å². The van der Waals surface area contributed by atoms with Gasteiger partial charge in [-0.05, 0) is 89.3 Å². The second kappa shape index (κ2) is 12.8. The molecule has 1 saturated heterocycles. The number of halogens is 1. The van der Waals surface area contributed by atoms with Gasteiger partial charge in [-0.3, -0.25) is 19.3 Å². The molecule has 0 atom stereocenters. The third kappa shape index (κ3) is 7.07. The molecule has 3 aromatic carbocycles. The normalized spacial score (nSPS) is 14.1. The highest BCUT2D eigenvalue weighted by Gasteiger charge is 2.35. The number of hydrogen-bond donors (Lipinski definition) is 1. The average molecular weight is 644 g/mol. The van der Waals surface area contributed by atoms with Crippen molar-refractivity contribution >= 4 is 63.2 Å². The smallest absolute Gasteiger partial charge is 0.293 e. The number of aryl methyl sites for hydroxylation is 1. The van der Waals surface area contributed by atoms with Crippen LogP contribution in [0.25, 0.3) is 6.08 Å². The summed E-state index contributed by atoms with van der Waals surface area (Å²) >= 11 is 2.96. The minimum atomic E-state index is -0.376. The predicted molar refractivity (Wildman–Crippen MR) is 156 cm³/mol. The predicted octanol–water partition coefficient (Wildman–Crippen LogP) is 5.74. The molecule has 1 fully saturated rings. The van der Waals surface area contributed by atoms with E-state index >= 15 is 0 Å². The molecule has 0 aliphatic carbocycles. The van der Waals surface area contributed by atoms with Crippen molar-refractivity contribution in [2.45, 2.75) is 6.92 Å². The van der Waals surface area contributed by atoms with Crippen LogP contribution in [0, 0.1) is 10.5 Å². The van der Waals surface area contributed by atoms with Crippen LogP contribution >= 0.6 is 34.4 Å². The SMILES string of the molecule is COc1cc(/C=C2\SC(=O)N(CCOc3ccc(C)cc3)C2=O)cc(I)c1OCC(=O)Nc1ccccc1. The number of amides is 3. The van der Waals surface area contributed by atoms with E-state index in [-0.39, 0.29) is 36.8 Å². The van der Waals surface area contributed by atoms with Gasteiger partial charge in [-0.25, -0.2) is 0 Å². The number of carbonyl (C=O) groups is 3. The number of para-hydroxylation sites is 1. The fourth-order valence-corrected chi connectivity index (χ4v) is 5.20. The Morgan fingerprint density at radius 3 is 2.50 bits per heavy atom. The number of carbonyl (C=O) groups excluding carboxylic acids is 3. The van der Waals surface area contributed by atoms with Crippen molar-refractivity contribution in [3.8, 4) is 17.2 Å². The van der Waals surface area contributed by atoms with Crippen molar-refractivity contribution in [1.29, 1.82) is 0 Å². The summed E-state index contributed by atoms with van der Waals surface area (Å²) in [5, 5.41) is 2.42. The fraction of sp³-hybridized carbons (Fsp3) is 0.179. The van der Waals surface area contributed by atoms with Crippen LogP contribution in [0.5, 0.6) is 17.2 Å². The number of benzene rings is 3. The third-order valence-electron chi connectivity index (χ3n) is 5.43. The van der Waals surface area contributed by atoms with E-state index in [0.717, 1.165) is 17.3 Å². The molecule has 1 aliphatic heterocycles. The Balaban J connectivity index is 1.39. The van der Waals surface area contributed by atoms with Crippen molar-refractivity contribution in [2.24, 2.45) is 0 Å². The van der Waals surface area contributed by atoms with E-state index in [1.807, 2.05) is 49.4 Å². The molecule has 0 radical (unpaired) electrons. The number of nitrogens with zero attached hydrogens (tertiary/aromatic N) is 1. The zero-order valence-corrected chi connectivity index (χ0v) is 23.7. The van der Waals surface area contributed by atoms with Gasteiger partial charge < -0.3 is 19.5 Å². The summed E-state index contributed by atoms with van der Waals surface area (Å²) in [5.41, 5.74) is 2.45. The molecule has 3 amide bonds. The van der Waals surface area contributed by atoms with Gasteiger partial charge in [0.1, 0.15) is 12.4 Å². The van der Waals surface area contributed by atoms with E-state index in [4.69, 9.17) is 14.2 Å². The molecule has 0 bridgehead atoms. The molecule has 0 aromatic heterocycles. The lowest BCUT2D eigenvalue weighted by Crippen LogP contribution is -2.32. The molecular weight excluding hydrogens is 619 g/mol. The summed E-state index contributed by atoms with van der Waals surface area (Å²) in [5.74, 6) is 0.813. The van der Waals surface area contributed by atoms with Gasteiger partial charge in [-0.2, -0.15) is 0 Å². The van der Waals surface area contributed by atoms with Gasteiger partial charge in [0.2, 0.25) is 0 Å². The number of ether oxygens (including phenoxy) is 3. The number of hydrogen-bond acceptors (Lipinski definition) is 7. The zero-order valence-electron chi connectivity index (χ0n) is 20.7. The first-order valence-electron chi connectivity index (χ1n) is 11.6. The fourth-order valence-electron chi connectivity index (χ4n) is 3.55. The molecule has 196 valence electrons. The number of imide groups is 1. The lowest BCUT2D eigenvalue weighted by molar-refractivity contribution is -0.123. The molecule has 0 unspecified atom stereocenters. The quantitative estimate of drug-likeness (QED) is 0.222. The van der Waals surface area contributed by atoms with E-state index in [1.165, 1.54) is 12.0 Å². The number of thioether (sulfide) groups is 1. The van der Waals surface area contributed by atoms with E-state index in [9.17, 15) is 14.4 Å². The summed E-state index contributed by atoms with van der Waals surface area (Å²) in [6, 6.07) is 20.1. The largest absolute Gasteiger partial charge is 0.493 e. The van der Waals surface area contributed by atoms with Crippen molar-refractivity contribution in [3.05, 3.63) is 86.3 Å². The first kappa shape index (κ1) is 27.5. The molecule has 0 saturated carbocycles. The Labute approximate surface area is 238 Å². The number of nitrogens with one attached hydrogen (secondary N) is 1. The second-order valence-electron chi connectivity index (χ2n) is 8.23. The first-order valence-corrected chi connectivity index (χ1v) is 13.5. The molecule has 3 aromatic rings. The summed E-state index contributed by atoms with van der Waals surface area (Å²) in [7, 11) is 1.49. The van der Waals surface area contributed by atoms with Crippen LogP contribution in [0.15, 0.2) is 71.6 Å². The van der Waals surface area contributed by atoms with Crippen molar-refractivity contribution < 1.29 is 28.6 Å². The molecule has 0 spiro atoms. The van der Waals surface area contributed by atoms with Crippen LogP contribution in [0.2, 0.25) is 0 Å². The van der Waals surface area contributed by atoms with E-state index in [0.29, 0.717) is 37.0 Å². The third-order valence-corrected chi connectivity index (χ3v) is 7.14. The molecule has 38 heavy (non-hydrogen) atoms. The summed E-state index contributed by atoms with van der Waals surface area (Å²) in [4.78, 5) is 39.2. The lowest BCUT2D eigenvalue weighted by Gasteiger charge is -2.14. The van der Waals surface area contributed by atoms with Gasteiger partial charge in [-0.15, -0.1) is 0 Å². The van der Waals surface area contributed by atoms with Gasteiger partial charge in [0.05, 0.1) is 22.1 Å². The summed E-state index contributed by atoms with van der Waals surface area (Å²) in [6.45, 7) is 2.13. The van der Waals surface area contributed by atoms with Crippen LogP contribution in [0.3, 0.4) is 0 Å². The minimum Gasteiger partial charge on any atom is -0.493 e. The second-order valence-corrected chi connectivity index (χ2v) is 10.4. The molecule has 10 heteroatoms. The Bertz CT molecular complexity index is 1360. The van der Waals surface area contributed by atoms with Crippen LogP contribution < -0.4 is 19.5 Å². The Kier molecular flexibility index (Phi) is 9.29. The highest BCUT2D eigenvalue weighted by molar-refractivity contribution is 14.1. The van der Waals surface area contributed by atoms with Crippen LogP contribution in [0.1, 0.15) is 11.1 Å². The van der Waals surface area contributed by atoms with E-state index < -0.39 is 0 Å². The standard InChI is InChI=1S/C28H25IN2O6S/c1-18-8-10-21(11-9-18)36-13-12-31-27(33)24(38-28(31)34)16-19-14-22(29)26(23(15-19)35-2)37-17-25(32)30-20-6-4-3-5-7-20/h3-11,14-16H,12-13,17H2,1-2H3,(H,30,32)/b24-16-. The molecule has 1 aliphatic rings. The monoisotopic (exact) mass is 644 g/mol. The number of rotatable bonds is 10. The highest BCUT2D eigenvalue weighted by Crippen LogP contribution is 2.37. The van der Waals surface area contributed by atoms with E-state index in [1.54, 1.807) is 30.3 Å². The minimum absolute atomic E-state index is 0.147. The lowest BCUT2D eigenvalue weighted by atomic mass is 10.2. The maximum absolute atomic E-state index is 12.9. The van der Waals surface area contributed by atoms with Crippen LogP contribution in [0.4, 0.5) is 10.5 Å². The van der Waals surface area contributed by atoms with Gasteiger partial charge in [0.15, 0.2) is 18.1 Å². The topological polar surface area (TPSA) is 94.2 Å². The number of anilines is 1. The number of methoxy groups -OCH3 is 1. The molecule has 8 nitrogen and oxygen atoms in total. The van der Waals surface area contributed by atoms with Crippen molar-refractivity contribution in [2.75, 3.05) is 32.2 Å². The zero-order chi connectivity index (χ0) is 27.1. The van der Waals surface area contributed by atoms with E-state index in [2.05, 4.69) is 27.9 Å². The first-order chi connectivity index (χ1) is 18.3. The summed E-state index contributed by atoms with van der Waals surface area (Å²) in [6.07, 6.45) is 1.64. The van der Waals surface area contributed by atoms with Crippen molar-refractivity contribution in [1.82, 2.24) is 4.90 Å². The Hall–Kier alpha value is -3.51. The maximum atomic E-state index is 12.9. The average Bonchev–Trinajstić information content (AvgIpc) is 3.16. The Morgan fingerprint density at radius 1 is 1.05 bits per heavy atom. The maximum Gasteiger partial charge on any atom is 0.293 e. The van der Waals surface area contributed by atoms with Crippen LogP contribution in [-0.2, 0) is 9.59 Å². The molecular formula is C28H25IN2O6S. The van der Waals surface area contributed by atoms with Gasteiger partial charge in [0, 0.05) is 5.69 Å². The summed E-state index contributed by atoms with van der Waals surface area (Å²) < 4.78 is 17.6. The Morgan fingerprint density at radius 2 is 1.79 bits per heavy atom. The highest BCUT2D eigenvalue weighted by atomic mass is 127. The van der Waals surface area contributed by atoms with Gasteiger partial charge in [-0.1, -0.05) is 35.9 Å². The van der Waals surface area contributed by atoms with Crippen molar-refractivity contribution in [3.63, 3.8) is 0 Å². The molecule has 1 N–H and O–H groups in total. The molecule has 1 heterocycles. The van der Waals surface area contributed by atoms with Gasteiger partial charge >= 0.3 is 0 Å².